The minimum Gasteiger partial charge on any atom is -0.325 e. The van der Waals surface area contributed by atoms with E-state index in [2.05, 4.69) is 25.6 Å². The summed E-state index contributed by atoms with van der Waals surface area (Å²) in [4.78, 5) is 31.9. The Hall–Kier alpha value is -3.53. The van der Waals surface area contributed by atoms with Crippen molar-refractivity contribution in [2.45, 2.75) is 26.1 Å². The summed E-state index contributed by atoms with van der Waals surface area (Å²) < 4.78 is 14.6. The molecule has 32 heavy (non-hydrogen) atoms. The van der Waals surface area contributed by atoms with Crippen LogP contribution in [0.25, 0.3) is 11.2 Å². The van der Waals surface area contributed by atoms with Crippen LogP contribution in [0, 0.1) is 19.7 Å². The fourth-order valence-corrected chi connectivity index (χ4v) is 3.87. The van der Waals surface area contributed by atoms with E-state index >= 15 is 0 Å². The Morgan fingerprint density at radius 2 is 1.97 bits per heavy atom. The van der Waals surface area contributed by atoms with Gasteiger partial charge in [-0.15, -0.1) is 16.9 Å². The molecule has 164 valence electrons. The number of aromatic amines is 1. The molecule has 4 rings (SSSR count). The highest BCUT2D eigenvalue weighted by Crippen LogP contribution is 2.18. The van der Waals surface area contributed by atoms with Crippen molar-refractivity contribution in [2.24, 2.45) is 0 Å². The molecule has 2 aromatic carbocycles. The Morgan fingerprint density at radius 3 is 2.75 bits per heavy atom. The summed E-state index contributed by atoms with van der Waals surface area (Å²) in [7, 11) is 0. The number of rotatable bonds is 7. The van der Waals surface area contributed by atoms with Crippen molar-refractivity contribution in [2.75, 3.05) is 11.1 Å². The van der Waals surface area contributed by atoms with Crippen LogP contribution in [0.2, 0.25) is 0 Å². The monoisotopic (exact) mass is 452 g/mol. The number of aryl methyl sites for hydroxylation is 1. The molecule has 0 bridgehead atoms. The lowest BCUT2D eigenvalue weighted by Crippen LogP contribution is -2.16. The van der Waals surface area contributed by atoms with Gasteiger partial charge in [-0.25, -0.2) is 14.1 Å². The normalized spacial score (nSPS) is 11.1. The van der Waals surface area contributed by atoms with Gasteiger partial charge in [-0.2, -0.15) is 0 Å². The number of aromatic nitrogens is 5. The van der Waals surface area contributed by atoms with E-state index in [1.807, 2.05) is 32.0 Å². The fraction of sp³-hybridized carbons (Fsp3) is 0.227. The maximum Gasteiger partial charge on any atom is 0.281 e. The Kier molecular flexibility index (Phi) is 6.31. The molecule has 0 radical (unpaired) electrons. The number of thioether (sulfide) groups is 1. The number of H-pyrrole nitrogens is 1. The zero-order chi connectivity index (χ0) is 22.7. The van der Waals surface area contributed by atoms with Crippen molar-refractivity contribution in [3.8, 4) is 0 Å². The molecular weight excluding hydrogens is 431 g/mol. The van der Waals surface area contributed by atoms with Gasteiger partial charge in [0.25, 0.3) is 5.56 Å². The van der Waals surface area contributed by atoms with Gasteiger partial charge in [0, 0.05) is 12.1 Å². The zero-order valence-corrected chi connectivity index (χ0v) is 18.4. The molecule has 0 unspecified atom stereocenters. The molecule has 0 saturated heterocycles. The topological polar surface area (TPSA) is 106 Å². The first kappa shape index (κ1) is 21.7. The van der Waals surface area contributed by atoms with Gasteiger partial charge in [0.05, 0.1) is 11.6 Å². The average Bonchev–Trinajstić information content (AvgIpc) is 3.17. The second kappa shape index (κ2) is 9.31. The van der Waals surface area contributed by atoms with Crippen LogP contribution < -0.4 is 10.9 Å². The van der Waals surface area contributed by atoms with Gasteiger partial charge in [-0.1, -0.05) is 29.5 Å². The number of amides is 1. The minimum atomic E-state index is -0.393. The lowest BCUT2D eigenvalue weighted by Gasteiger charge is -2.10. The summed E-state index contributed by atoms with van der Waals surface area (Å²) in [6, 6.07) is 11.8. The van der Waals surface area contributed by atoms with Crippen molar-refractivity contribution in [1.29, 1.82) is 0 Å². The second-order valence-corrected chi connectivity index (χ2v) is 8.31. The Morgan fingerprint density at radius 1 is 1.19 bits per heavy atom. The van der Waals surface area contributed by atoms with E-state index < -0.39 is 5.56 Å². The zero-order valence-electron chi connectivity index (χ0n) is 17.6. The lowest BCUT2D eigenvalue weighted by molar-refractivity contribution is -0.113. The van der Waals surface area contributed by atoms with E-state index in [0.29, 0.717) is 23.8 Å². The minimum absolute atomic E-state index is 0.129. The number of carbonyl (C=O) groups excluding carboxylic acids is 1. The Labute approximate surface area is 187 Å². The highest BCUT2D eigenvalue weighted by molar-refractivity contribution is 7.99. The fourth-order valence-electron chi connectivity index (χ4n) is 3.18. The van der Waals surface area contributed by atoms with Gasteiger partial charge < -0.3 is 10.3 Å². The maximum absolute atomic E-state index is 13.1. The SMILES string of the molecule is Cc1cccc(NC(=O)CSCn2nnc3c(=O)[nH]c(Cc4ccc(F)cc4)nc32)c1C. The average molecular weight is 453 g/mol. The molecule has 2 N–H and O–H groups in total. The highest BCUT2D eigenvalue weighted by Gasteiger charge is 2.13. The van der Waals surface area contributed by atoms with Crippen molar-refractivity contribution in [3.05, 3.63) is 81.2 Å². The van der Waals surface area contributed by atoms with Crippen LogP contribution in [-0.4, -0.2) is 36.6 Å². The van der Waals surface area contributed by atoms with Crippen LogP contribution in [-0.2, 0) is 17.1 Å². The number of nitrogens with zero attached hydrogens (tertiary/aromatic N) is 4. The molecule has 0 spiro atoms. The van der Waals surface area contributed by atoms with Crippen LogP contribution in [0.5, 0.6) is 0 Å². The van der Waals surface area contributed by atoms with Gasteiger partial charge in [-0.05, 0) is 48.7 Å². The van der Waals surface area contributed by atoms with Gasteiger partial charge in [0.1, 0.15) is 11.6 Å². The van der Waals surface area contributed by atoms with Gasteiger partial charge >= 0.3 is 0 Å². The van der Waals surface area contributed by atoms with Crippen LogP contribution >= 0.6 is 11.8 Å². The summed E-state index contributed by atoms with van der Waals surface area (Å²) in [5.41, 5.74) is 3.82. The first-order valence-corrected chi connectivity index (χ1v) is 11.1. The third-order valence-electron chi connectivity index (χ3n) is 5.03. The van der Waals surface area contributed by atoms with E-state index in [1.165, 1.54) is 28.6 Å². The largest absolute Gasteiger partial charge is 0.325 e. The van der Waals surface area contributed by atoms with E-state index in [1.54, 1.807) is 12.1 Å². The lowest BCUT2D eigenvalue weighted by atomic mass is 10.1. The Bertz CT molecular complexity index is 1330. The van der Waals surface area contributed by atoms with Gasteiger partial charge in [0.15, 0.2) is 11.2 Å². The summed E-state index contributed by atoms with van der Waals surface area (Å²) in [6.45, 7) is 3.96. The molecule has 0 aliphatic heterocycles. The second-order valence-electron chi connectivity index (χ2n) is 7.35. The highest BCUT2D eigenvalue weighted by atomic mass is 32.2. The van der Waals surface area contributed by atoms with Crippen molar-refractivity contribution in [3.63, 3.8) is 0 Å². The van der Waals surface area contributed by atoms with Crippen molar-refractivity contribution >= 4 is 34.5 Å². The smallest absolute Gasteiger partial charge is 0.281 e. The third kappa shape index (κ3) is 4.86. The van der Waals surface area contributed by atoms with Gasteiger partial charge in [0.2, 0.25) is 5.91 Å². The molecule has 0 saturated carbocycles. The molecule has 2 aromatic heterocycles. The summed E-state index contributed by atoms with van der Waals surface area (Å²) in [5, 5.41) is 10.8. The first-order chi connectivity index (χ1) is 15.4. The van der Waals surface area contributed by atoms with Crippen LogP contribution in [0.1, 0.15) is 22.5 Å². The van der Waals surface area contributed by atoms with Gasteiger partial charge in [-0.3, -0.25) is 9.59 Å². The summed E-state index contributed by atoms with van der Waals surface area (Å²) in [6.07, 6.45) is 0.335. The summed E-state index contributed by atoms with van der Waals surface area (Å²) in [5.74, 6) is 0.488. The van der Waals surface area contributed by atoms with Crippen molar-refractivity contribution < 1.29 is 9.18 Å². The molecule has 1 amide bonds. The molecular formula is C22H21FN6O2S. The van der Waals surface area contributed by atoms with E-state index in [4.69, 9.17) is 0 Å². The molecule has 4 aromatic rings. The predicted octanol–water partition coefficient (Wildman–Crippen LogP) is 3.19. The Balaban J connectivity index is 1.43. The number of hydrogen-bond donors (Lipinski definition) is 2. The van der Waals surface area contributed by atoms with Crippen LogP contribution in [0.3, 0.4) is 0 Å². The molecule has 2 heterocycles. The number of carbonyl (C=O) groups is 1. The first-order valence-electron chi connectivity index (χ1n) is 9.91. The van der Waals surface area contributed by atoms with E-state index in [9.17, 15) is 14.0 Å². The van der Waals surface area contributed by atoms with E-state index in [-0.39, 0.29) is 23.0 Å². The number of fused-ring (bicyclic) bond motifs is 1. The number of halogens is 1. The number of nitrogens with one attached hydrogen (secondary N) is 2. The molecule has 0 aliphatic carbocycles. The standard InChI is InChI=1S/C22H21FN6O2S/c1-13-4-3-5-17(14(13)2)24-19(30)11-32-12-29-21-20(27-28-29)22(31)26-18(25-21)10-15-6-8-16(23)9-7-15/h3-9H,10-12H2,1-2H3,(H,24,30)(H,25,26,31). The third-order valence-corrected chi connectivity index (χ3v) is 5.93. The summed E-state index contributed by atoms with van der Waals surface area (Å²) >= 11 is 1.34. The predicted molar refractivity (Wildman–Crippen MR) is 122 cm³/mol. The molecule has 0 aliphatic rings. The molecule has 10 heteroatoms. The quantitative estimate of drug-likeness (QED) is 0.446. The molecule has 8 nitrogen and oxygen atoms in total. The maximum atomic E-state index is 13.1. The number of hydrogen-bond acceptors (Lipinski definition) is 6. The molecule has 0 fully saturated rings. The number of benzene rings is 2. The van der Waals surface area contributed by atoms with Crippen molar-refractivity contribution in [1.82, 2.24) is 25.0 Å². The molecule has 0 atom stereocenters. The van der Waals surface area contributed by atoms with E-state index in [0.717, 1.165) is 22.4 Å². The van der Waals surface area contributed by atoms with Crippen LogP contribution in [0.4, 0.5) is 10.1 Å². The number of anilines is 1. The van der Waals surface area contributed by atoms with Crippen LogP contribution in [0.15, 0.2) is 47.3 Å².